The zero-order chi connectivity index (χ0) is 33.5. The van der Waals surface area contributed by atoms with Gasteiger partial charge in [-0.05, 0) is 80.9 Å². The number of nitrogens with one attached hydrogen (secondary N) is 2. The van der Waals surface area contributed by atoms with Gasteiger partial charge in [0.1, 0.15) is 31.1 Å². The molecule has 2 aliphatic heterocycles. The van der Waals surface area contributed by atoms with Crippen molar-refractivity contribution in [1.82, 2.24) is 10.6 Å². The third-order valence-electron chi connectivity index (χ3n) is 10.9. The van der Waals surface area contributed by atoms with Crippen molar-refractivity contribution < 1.29 is 43.5 Å². The predicted octanol–water partition coefficient (Wildman–Crippen LogP) is 3.03. The summed E-state index contributed by atoms with van der Waals surface area (Å²) in [6, 6.07) is 6.21. The van der Waals surface area contributed by atoms with E-state index in [1.165, 1.54) is 12.5 Å². The summed E-state index contributed by atoms with van der Waals surface area (Å²) in [6.45, 7) is 8.03. The van der Waals surface area contributed by atoms with Gasteiger partial charge in [-0.1, -0.05) is 43.7 Å². The van der Waals surface area contributed by atoms with E-state index in [-0.39, 0.29) is 49.1 Å². The van der Waals surface area contributed by atoms with Gasteiger partial charge in [-0.2, -0.15) is 0 Å². The number of hydrogen-bond donors (Lipinski definition) is 4. The van der Waals surface area contributed by atoms with Gasteiger partial charge in [-0.25, -0.2) is 4.79 Å². The lowest BCUT2D eigenvalue weighted by Crippen LogP contribution is -2.54. The van der Waals surface area contributed by atoms with Crippen LogP contribution in [0.4, 0.5) is 0 Å². The highest BCUT2D eigenvalue weighted by Gasteiger charge is 2.56. The summed E-state index contributed by atoms with van der Waals surface area (Å²) in [7, 11) is 0. The molecule has 0 spiro atoms. The number of aliphatic hydroxyl groups excluding tert-OH is 2. The maximum atomic E-state index is 13.8. The molecule has 1 aromatic carbocycles. The molecule has 9 atom stereocenters. The first-order valence-electron chi connectivity index (χ1n) is 16.9. The normalized spacial score (nSPS) is 34.4. The fourth-order valence-corrected chi connectivity index (χ4v) is 8.07. The Labute approximate surface area is 276 Å². The van der Waals surface area contributed by atoms with E-state index in [9.17, 15) is 19.5 Å². The topological polar surface area (TPSA) is 156 Å². The Balaban J connectivity index is 1.19. The van der Waals surface area contributed by atoms with E-state index in [0.29, 0.717) is 17.4 Å². The number of rotatable bonds is 9. The lowest BCUT2D eigenvalue weighted by atomic mass is 9.52. The molecule has 6 rings (SSSR count). The van der Waals surface area contributed by atoms with Crippen molar-refractivity contribution in [2.45, 2.75) is 108 Å². The van der Waals surface area contributed by atoms with Crippen LogP contribution in [0.15, 0.2) is 41.5 Å². The van der Waals surface area contributed by atoms with Crippen molar-refractivity contribution in [2.24, 2.45) is 17.3 Å². The van der Waals surface area contributed by atoms with Gasteiger partial charge in [0.25, 0.3) is 0 Å². The van der Waals surface area contributed by atoms with Crippen LogP contribution in [0.2, 0.25) is 0 Å². The highest BCUT2D eigenvalue weighted by molar-refractivity contribution is 5.98. The summed E-state index contributed by atoms with van der Waals surface area (Å²) in [5.41, 5.74) is 3.11. The van der Waals surface area contributed by atoms with E-state index in [4.69, 9.17) is 24.1 Å². The first-order valence-corrected chi connectivity index (χ1v) is 16.9. The van der Waals surface area contributed by atoms with Crippen molar-refractivity contribution in [3.63, 3.8) is 0 Å². The number of carbonyl (C=O) groups is 3. The molecule has 11 heteroatoms. The second-order valence-corrected chi connectivity index (χ2v) is 14.6. The quantitative estimate of drug-likeness (QED) is 0.233. The standard InChI is InChI=1S/C36H48N2O9/c1-20(40)30(33(42)37-13-14-39)38-32(41)23-16-27-31(45-19-44-27)28(17-23)46-34(43)24-8-6-5-7-21(24)15-22-9-10-29-36(4,47-29)12-11-26-25(22)18-35(26,2)3/h5-8,15-16,20,25-31,39-40H,9-14,17-19H2,1-4H3,(H,37,42)(H,38,41). The third-order valence-corrected chi connectivity index (χ3v) is 10.9. The van der Waals surface area contributed by atoms with Crippen LogP contribution < -0.4 is 10.6 Å². The van der Waals surface area contributed by atoms with Gasteiger partial charge in [-0.15, -0.1) is 0 Å². The molecule has 2 saturated heterocycles. The Bertz CT molecular complexity index is 1440. The summed E-state index contributed by atoms with van der Waals surface area (Å²) in [6.07, 6.45) is 6.12. The minimum atomic E-state index is -1.24. The molecule has 47 heavy (non-hydrogen) atoms. The average Bonchev–Trinajstić information content (AvgIpc) is 3.41. The van der Waals surface area contributed by atoms with Crippen LogP contribution in [0.25, 0.3) is 6.08 Å². The fraction of sp³-hybridized carbons (Fsp3) is 0.639. The molecule has 1 aromatic rings. The number of hydrogen-bond acceptors (Lipinski definition) is 9. The number of esters is 1. The maximum absolute atomic E-state index is 13.8. The summed E-state index contributed by atoms with van der Waals surface area (Å²) < 4.78 is 23.7. The summed E-state index contributed by atoms with van der Waals surface area (Å²) in [5, 5.41) is 24.2. The van der Waals surface area contributed by atoms with Crippen LogP contribution in [-0.4, -0.2) is 90.1 Å². The van der Waals surface area contributed by atoms with Crippen molar-refractivity contribution in [3.8, 4) is 0 Å². The molecule has 2 amide bonds. The van der Waals surface area contributed by atoms with Gasteiger partial charge in [0.15, 0.2) is 0 Å². The smallest absolute Gasteiger partial charge is 0.339 e. The SMILES string of the molecule is CC(O)C(NC(=O)C1=CC2OCOC2C(OC(=O)c2ccccc2C=C2CCC3OC3(C)CCC3C2CC3(C)C)C1)C(=O)NCCO. The van der Waals surface area contributed by atoms with Crippen LogP contribution in [0, 0.1) is 17.3 Å². The summed E-state index contributed by atoms with van der Waals surface area (Å²) in [5.74, 6) is -0.696. The van der Waals surface area contributed by atoms with Crippen LogP contribution >= 0.6 is 0 Å². The fourth-order valence-electron chi connectivity index (χ4n) is 8.07. The molecule has 2 heterocycles. The molecule has 9 unspecified atom stereocenters. The highest BCUT2D eigenvalue weighted by Crippen LogP contribution is 2.59. The zero-order valence-corrected chi connectivity index (χ0v) is 27.7. The molecule has 256 valence electrons. The van der Waals surface area contributed by atoms with Gasteiger partial charge in [0.05, 0.1) is 30.0 Å². The number of allylic oxidation sites excluding steroid dienone is 1. The summed E-state index contributed by atoms with van der Waals surface area (Å²) in [4.78, 5) is 39.7. The molecular weight excluding hydrogens is 604 g/mol. The maximum Gasteiger partial charge on any atom is 0.339 e. The van der Waals surface area contributed by atoms with Crippen LogP contribution in [0.1, 0.15) is 82.1 Å². The first kappa shape index (κ1) is 33.8. The van der Waals surface area contributed by atoms with Crippen LogP contribution in [-0.2, 0) is 28.5 Å². The average molecular weight is 653 g/mol. The highest BCUT2D eigenvalue weighted by atomic mass is 16.7. The molecule has 5 aliphatic rings. The Morgan fingerprint density at radius 2 is 1.94 bits per heavy atom. The number of carbonyl (C=O) groups excluding carboxylic acids is 3. The Morgan fingerprint density at radius 3 is 2.68 bits per heavy atom. The molecule has 11 nitrogen and oxygen atoms in total. The van der Waals surface area contributed by atoms with E-state index in [1.807, 2.05) is 18.2 Å². The van der Waals surface area contributed by atoms with Crippen LogP contribution in [0.5, 0.6) is 0 Å². The molecule has 4 fully saturated rings. The van der Waals surface area contributed by atoms with Crippen molar-refractivity contribution in [2.75, 3.05) is 19.9 Å². The minimum Gasteiger partial charge on any atom is -0.456 e. The molecular formula is C36H48N2O9. The van der Waals surface area contributed by atoms with Gasteiger partial charge >= 0.3 is 5.97 Å². The zero-order valence-electron chi connectivity index (χ0n) is 27.7. The molecule has 3 aliphatic carbocycles. The molecule has 0 bridgehead atoms. The van der Waals surface area contributed by atoms with Crippen molar-refractivity contribution in [3.05, 3.63) is 52.6 Å². The minimum absolute atomic E-state index is 0.00888. The van der Waals surface area contributed by atoms with E-state index in [2.05, 4.69) is 37.5 Å². The number of epoxide rings is 1. The van der Waals surface area contributed by atoms with Crippen molar-refractivity contribution in [1.29, 1.82) is 0 Å². The largest absolute Gasteiger partial charge is 0.456 e. The van der Waals surface area contributed by atoms with Gasteiger partial charge in [0.2, 0.25) is 11.8 Å². The molecule has 4 N–H and O–H groups in total. The lowest BCUT2D eigenvalue weighted by molar-refractivity contribution is -0.130. The van der Waals surface area contributed by atoms with Gasteiger partial charge in [-0.3, -0.25) is 9.59 Å². The van der Waals surface area contributed by atoms with E-state index < -0.39 is 48.2 Å². The lowest BCUT2D eigenvalue weighted by Gasteiger charge is -2.53. The Morgan fingerprint density at radius 1 is 1.15 bits per heavy atom. The monoisotopic (exact) mass is 652 g/mol. The Hall–Kier alpha value is -3.09. The molecule has 0 aromatic heterocycles. The van der Waals surface area contributed by atoms with Crippen LogP contribution in [0.3, 0.4) is 0 Å². The van der Waals surface area contributed by atoms with E-state index in [0.717, 1.165) is 37.7 Å². The third kappa shape index (κ3) is 7.05. The van der Waals surface area contributed by atoms with Gasteiger partial charge in [0, 0.05) is 18.5 Å². The van der Waals surface area contributed by atoms with Crippen molar-refractivity contribution >= 4 is 23.9 Å². The Kier molecular flexibility index (Phi) is 9.66. The number of amides is 2. The second kappa shape index (κ2) is 13.4. The number of aliphatic hydroxyl groups is 2. The number of fused-ring (bicyclic) bond motifs is 3. The predicted molar refractivity (Wildman–Crippen MR) is 172 cm³/mol. The molecule has 0 radical (unpaired) electrons. The molecule has 2 saturated carbocycles. The second-order valence-electron chi connectivity index (χ2n) is 14.6. The first-order chi connectivity index (χ1) is 22.4. The number of ether oxygens (including phenoxy) is 4. The van der Waals surface area contributed by atoms with Gasteiger partial charge < -0.3 is 39.8 Å². The number of benzene rings is 1. The van der Waals surface area contributed by atoms with E-state index in [1.54, 1.807) is 12.1 Å². The summed E-state index contributed by atoms with van der Waals surface area (Å²) >= 11 is 0. The van der Waals surface area contributed by atoms with E-state index >= 15 is 0 Å².